The lowest BCUT2D eigenvalue weighted by Gasteiger charge is -2.19. The van der Waals surface area contributed by atoms with Gasteiger partial charge in [-0.25, -0.2) is 4.68 Å². The number of aromatic nitrogens is 4. The number of nitrogens with zero attached hydrogens (tertiary/aromatic N) is 4. The zero-order chi connectivity index (χ0) is 23.0. The summed E-state index contributed by atoms with van der Waals surface area (Å²) in [6.07, 6.45) is 1.01. The maximum atomic E-state index is 6.08. The van der Waals surface area contributed by atoms with Crippen LogP contribution in [0.3, 0.4) is 0 Å². The Morgan fingerprint density at radius 1 is 1.15 bits per heavy atom. The summed E-state index contributed by atoms with van der Waals surface area (Å²) < 4.78 is 25.4. The molecule has 2 heterocycles. The van der Waals surface area contributed by atoms with E-state index in [0.29, 0.717) is 31.3 Å². The first-order chi connectivity index (χ1) is 16.1. The Labute approximate surface area is 205 Å². The van der Waals surface area contributed by atoms with E-state index in [2.05, 4.69) is 42.8 Å². The van der Waals surface area contributed by atoms with E-state index in [4.69, 9.17) is 18.9 Å². The summed E-state index contributed by atoms with van der Waals surface area (Å²) in [5.74, 6) is 3.82. The van der Waals surface area contributed by atoms with E-state index >= 15 is 0 Å². The molecule has 1 N–H and O–H groups in total. The molecule has 176 valence electrons. The molecular formula is C22H26BrN5O4S. The lowest BCUT2D eigenvalue weighted by molar-refractivity contribution is 0.171. The summed E-state index contributed by atoms with van der Waals surface area (Å²) in [7, 11) is 3.49. The molecule has 1 aromatic heterocycles. The predicted octanol–water partition coefficient (Wildman–Crippen LogP) is 3.60. The van der Waals surface area contributed by atoms with Crippen LogP contribution >= 0.6 is 27.7 Å². The molecule has 0 saturated heterocycles. The van der Waals surface area contributed by atoms with Gasteiger partial charge in [0.05, 0.1) is 11.6 Å². The van der Waals surface area contributed by atoms with E-state index in [1.807, 2.05) is 31.3 Å². The van der Waals surface area contributed by atoms with Crippen LogP contribution in [0.15, 0.2) is 40.0 Å². The normalized spacial score (nSPS) is 12.6. The van der Waals surface area contributed by atoms with Crippen molar-refractivity contribution in [1.29, 1.82) is 0 Å². The second-order valence-corrected chi connectivity index (χ2v) is 9.26. The largest absolute Gasteiger partial charge is 0.493 e. The monoisotopic (exact) mass is 535 g/mol. The molecule has 11 heteroatoms. The van der Waals surface area contributed by atoms with Gasteiger partial charge in [0, 0.05) is 19.3 Å². The predicted molar refractivity (Wildman–Crippen MR) is 128 cm³/mol. The first kappa shape index (κ1) is 23.7. The van der Waals surface area contributed by atoms with Crippen molar-refractivity contribution in [2.75, 3.05) is 32.6 Å². The highest BCUT2D eigenvalue weighted by Gasteiger charge is 2.15. The molecule has 0 fully saturated rings. The zero-order valence-electron chi connectivity index (χ0n) is 18.5. The number of ether oxygens (including phenoxy) is 4. The van der Waals surface area contributed by atoms with Gasteiger partial charge < -0.3 is 24.3 Å². The highest BCUT2D eigenvalue weighted by atomic mass is 79.9. The number of tetrazole rings is 1. The highest BCUT2D eigenvalue weighted by Crippen LogP contribution is 2.38. The summed E-state index contributed by atoms with van der Waals surface area (Å²) in [6, 6.07) is 9.89. The average Bonchev–Trinajstić information content (AvgIpc) is 3.24. The van der Waals surface area contributed by atoms with E-state index in [1.54, 1.807) is 23.6 Å². The molecule has 2 aromatic carbocycles. The number of halogens is 1. The number of hydrogen-bond acceptors (Lipinski definition) is 9. The Kier molecular flexibility index (Phi) is 8.30. The van der Waals surface area contributed by atoms with Crippen molar-refractivity contribution in [3.8, 4) is 23.0 Å². The van der Waals surface area contributed by atoms with Crippen molar-refractivity contribution in [3.63, 3.8) is 0 Å². The molecule has 0 atom stereocenters. The fraction of sp³-hybridized carbons (Fsp3) is 0.409. The Hall–Kier alpha value is -2.50. The summed E-state index contributed by atoms with van der Waals surface area (Å²) in [5, 5.41) is 15.7. The third kappa shape index (κ3) is 6.30. The second kappa shape index (κ2) is 11.6. The molecule has 1 aliphatic rings. The average molecular weight is 536 g/mol. The van der Waals surface area contributed by atoms with E-state index in [-0.39, 0.29) is 0 Å². The van der Waals surface area contributed by atoms with Crippen LogP contribution in [-0.4, -0.2) is 52.8 Å². The number of methoxy groups -OCH3 is 1. The Morgan fingerprint density at radius 3 is 2.79 bits per heavy atom. The number of benzene rings is 2. The molecule has 0 unspecified atom stereocenters. The van der Waals surface area contributed by atoms with Gasteiger partial charge in [-0.1, -0.05) is 17.8 Å². The molecule has 0 bridgehead atoms. The SMILES string of the molecule is COc1cc(CNCCCSc2nnnn2C)cc(Br)c1OCc1ccc2c(c1)OCCO2. The third-order valence-corrected chi connectivity index (χ3v) is 6.60. The van der Waals surface area contributed by atoms with Crippen LogP contribution < -0.4 is 24.3 Å². The maximum Gasteiger partial charge on any atom is 0.209 e. The Morgan fingerprint density at radius 2 is 2.00 bits per heavy atom. The van der Waals surface area contributed by atoms with E-state index in [9.17, 15) is 0 Å². The van der Waals surface area contributed by atoms with Gasteiger partial charge in [-0.3, -0.25) is 0 Å². The van der Waals surface area contributed by atoms with Gasteiger partial charge >= 0.3 is 0 Å². The van der Waals surface area contributed by atoms with Crippen LogP contribution in [0.2, 0.25) is 0 Å². The van der Waals surface area contributed by atoms with Gasteiger partial charge in [-0.15, -0.1) is 5.10 Å². The summed E-state index contributed by atoms with van der Waals surface area (Å²) in [6.45, 7) is 3.15. The molecule has 0 amide bonds. The molecule has 0 radical (unpaired) electrons. The van der Waals surface area contributed by atoms with Crippen molar-refractivity contribution in [3.05, 3.63) is 45.9 Å². The van der Waals surface area contributed by atoms with E-state index in [0.717, 1.165) is 57.5 Å². The maximum absolute atomic E-state index is 6.08. The molecule has 3 aromatic rings. The smallest absolute Gasteiger partial charge is 0.209 e. The lowest BCUT2D eigenvalue weighted by Crippen LogP contribution is -2.15. The van der Waals surface area contributed by atoms with Crippen LogP contribution in [0.1, 0.15) is 17.5 Å². The minimum atomic E-state index is 0.391. The molecule has 0 spiro atoms. The summed E-state index contributed by atoms with van der Waals surface area (Å²) >= 11 is 5.28. The summed E-state index contributed by atoms with van der Waals surface area (Å²) in [5.41, 5.74) is 2.10. The number of fused-ring (bicyclic) bond motifs is 1. The topological polar surface area (TPSA) is 92.6 Å². The van der Waals surface area contributed by atoms with Gasteiger partial charge in [-0.2, -0.15) is 0 Å². The molecule has 0 aliphatic carbocycles. The van der Waals surface area contributed by atoms with Crippen LogP contribution in [0.5, 0.6) is 23.0 Å². The number of thioether (sulfide) groups is 1. The van der Waals surface area contributed by atoms with Crippen LogP contribution in [0.4, 0.5) is 0 Å². The minimum Gasteiger partial charge on any atom is -0.493 e. The molecule has 33 heavy (non-hydrogen) atoms. The first-order valence-electron chi connectivity index (χ1n) is 10.6. The van der Waals surface area contributed by atoms with Crippen molar-refractivity contribution >= 4 is 27.7 Å². The fourth-order valence-corrected chi connectivity index (χ4v) is 4.68. The number of hydrogen-bond donors (Lipinski definition) is 1. The van der Waals surface area contributed by atoms with Crippen LogP contribution in [0, 0.1) is 0 Å². The van der Waals surface area contributed by atoms with Gasteiger partial charge in [0.1, 0.15) is 19.8 Å². The van der Waals surface area contributed by atoms with E-state index in [1.165, 1.54) is 0 Å². The van der Waals surface area contributed by atoms with Gasteiger partial charge in [0.25, 0.3) is 0 Å². The lowest BCUT2D eigenvalue weighted by atomic mass is 10.2. The van der Waals surface area contributed by atoms with Gasteiger partial charge in [0.15, 0.2) is 23.0 Å². The van der Waals surface area contributed by atoms with E-state index < -0.39 is 0 Å². The second-order valence-electron chi connectivity index (χ2n) is 7.34. The molecule has 1 aliphatic heterocycles. The quantitative estimate of drug-likeness (QED) is 0.292. The number of rotatable bonds is 11. The fourth-order valence-electron chi connectivity index (χ4n) is 3.29. The minimum absolute atomic E-state index is 0.391. The number of aryl methyl sites for hydroxylation is 1. The van der Waals surface area contributed by atoms with Crippen LogP contribution in [-0.2, 0) is 20.2 Å². The van der Waals surface area contributed by atoms with Gasteiger partial charge in [-0.05, 0) is 74.7 Å². The number of nitrogens with one attached hydrogen (secondary N) is 1. The first-order valence-corrected chi connectivity index (χ1v) is 12.4. The standard InChI is InChI=1S/C22H26BrN5O4S/c1-28-22(25-26-27-28)33-9-3-6-24-13-16-10-17(23)21(20(12-16)29-2)32-14-15-4-5-18-19(11-15)31-8-7-30-18/h4-5,10-12,24H,3,6-9,13-14H2,1-2H3. The molecule has 4 rings (SSSR count). The molecular weight excluding hydrogens is 510 g/mol. The Balaban J connectivity index is 1.28. The van der Waals surface area contributed by atoms with Crippen molar-refractivity contribution < 1.29 is 18.9 Å². The van der Waals surface area contributed by atoms with Crippen molar-refractivity contribution in [1.82, 2.24) is 25.5 Å². The van der Waals surface area contributed by atoms with Crippen molar-refractivity contribution in [2.24, 2.45) is 7.05 Å². The van der Waals surface area contributed by atoms with Crippen LogP contribution in [0.25, 0.3) is 0 Å². The van der Waals surface area contributed by atoms with Crippen molar-refractivity contribution in [2.45, 2.75) is 24.7 Å². The third-order valence-electron chi connectivity index (χ3n) is 4.92. The zero-order valence-corrected chi connectivity index (χ0v) is 20.9. The highest BCUT2D eigenvalue weighted by molar-refractivity contribution is 9.10. The van der Waals surface area contributed by atoms with Gasteiger partial charge in [0.2, 0.25) is 5.16 Å². The molecule has 0 saturated carbocycles. The summed E-state index contributed by atoms with van der Waals surface area (Å²) in [4.78, 5) is 0. The molecule has 9 nitrogen and oxygen atoms in total. The Bertz CT molecular complexity index is 1080.